The van der Waals surface area contributed by atoms with E-state index in [1.165, 1.54) is 0 Å². The van der Waals surface area contributed by atoms with E-state index in [2.05, 4.69) is 24.1 Å². The van der Waals surface area contributed by atoms with E-state index in [4.69, 9.17) is 10.5 Å². The highest BCUT2D eigenvalue weighted by Crippen LogP contribution is 2.42. The van der Waals surface area contributed by atoms with Crippen LogP contribution in [0.25, 0.3) is 10.9 Å². The number of hydrogen-bond acceptors (Lipinski definition) is 4. The minimum Gasteiger partial charge on any atom is -0.398 e. The standard InChI is InChI=1S/C17H23N3O/c1-17(2)15(9-16(17)21-3)19-10-11-8-13(18)12-6-4-5-7-14(12)20-11/h4-8,15-16,19H,9-10H2,1-3H3,(H2,18,20). The molecular formula is C17H23N3O. The van der Waals surface area contributed by atoms with E-state index in [1.54, 1.807) is 7.11 Å². The number of nitrogen functional groups attached to an aromatic ring is 1. The van der Waals surface area contributed by atoms with Gasteiger partial charge < -0.3 is 15.8 Å². The van der Waals surface area contributed by atoms with Gasteiger partial charge in [0.15, 0.2) is 0 Å². The molecule has 4 nitrogen and oxygen atoms in total. The zero-order valence-corrected chi connectivity index (χ0v) is 12.9. The lowest BCUT2D eigenvalue weighted by molar-refractivity contribution is -0.0979. The van der Waals surface area contributed by atoms with Crippen molar-refractivity contribution in [1.82, 2.24) is 10.3 Å². The van der Waals surface area contributed by atoms with Crippen molar-refractivity contribution in [1.29, 1.82) is 0 Å². The maximum absolute atomic E-state index is 6.12. The third-order valence-electron chi connectivity index (χ3n) is 4.79. The highest BCUT2D eigenvalue weighted by atomic mass is 16.5. The van der Waals surface area contributed by atoms with E-state index < -0.39 is 0 Å². The van der Waals surface area contributed by atoms with E-state index in [-0.39, 0.29) is 5.41 Å². The summed E-state index contributed by atoms with van der Waals surface area (Å²) in [5.74, 6) is 0. The first-order valence-corrected chi connectivity index (χ1v) is 7.42. The van der Waals surface area contributed by atoms with E-state index >= 15 is 0 Å². The maximum atomic E-state index is 6.12. The van der Waals surface area contributed by atoms with Gasteiger partial charge in [-0.1, -0.05) is 32.0 Å². The third kappa shape index (κ3) is 2.49. The molecule has 3 rings (SSSR count). The van der Waals surface area contributed by atoms with E-state index in [9.17, 15) is 0 Å². The third-order valence-corrected chi connectivity index (χ3v) is 4.79. The van der Waals surface area contributed by atoms with Crippen LogP contribution in [-0.2, 0) is 11.3 Å². The Morgan fingerprint density at radius 1 is 1.38 bits per heavy atom. The predicted molar refractivity (Wildman–Crippen MR) is 86.0 cm³/mol. The van der Waals surface area contributed by atoms with Gasteiger partial charge in [-0.25, -0.2) is 0 Å². The van der Waals surface area contributed by atoms with Gasteiger partial charge in [0.25, 0.3) is 0 Å². The normalized spacial score (nSPS) is 24.0. The molecule has 0 spiro atoms. The van der Waals surface area contributed by atoms with Crippen molar-refractivity contribution in [3.8, 4) is 0 Å². The van der Waals surface area contributed by atoms with Gasteiger partial charge >= 0.3 is 0 Å². The first kappa shape index (κ1) is 14.3. The summed E-state index contributed by atoms with van der Waals surface area (Å²) in [5.41, 5.74) is 9.02. The molecule has 1 heterocycles. The minimum atomic E-state index is 0.164. The number of aromatic nitrogens is 1. The van der Waals surface area contributed by atoms with E-state index in [0.717, 1.165) is 35.2 Å². The van der Waals surface area contributed by atoms with Crippen LogP contribution < -0.4 is 11.1 Å². The van der Waals surface area contributed by atoms with Crippen LogP contribution in [0, 0.1) is 5.41 Å². The zero-order valence-electron chi connectivity index (χ0n) is 12.9. The Hall–Kier alpha value is -1.65. The van der Waals surface area contributed by atoms with E-state index in [1.807, 2.05) is 30.3 Å². The maximum Gasteiger partial charge on any atom is 0.0726 e. The molecule has 1 aliphatic rings. The second-order valence-electron chi connectivity index (χ2n) is 6.43. The molecule has 0 aliphatic heterocycles. The molecule has 1 fully saturated rings. The van der Waals surface area contributed by atoms with Crippen molar-refractivity contribution in [3.63, 3.8) is 0 Å². The van der Waals surface area contributed by atoms with Gasteiger partial charge in [0.1, 0.15) is 0 Å². The first-order chi connectivity index (χ1) is 10.0. The quantitative estimate of drug-likeness (QED) is 0.907. The molecule has 3 N–H and O–H groups in total. The molecule has 2 unspecified atom stereocenters. The molecule has 0 radical (unpaired) electrons. The molecule has 0 bridgehead atoms. The predicted octanol–water partition coefficient (Wildman–Crippen LogP) is 2.72. The van der Waals surface area contributed by atoms with Crippen LogP contribution in [0.1, 0.15) is 26.0 Å². The fourth-order valence-electron chi connectivity index (χ4n) is 3.21. The van der Waals surface area contributed by atoms with E-state index in [0.29, 0.717) is 12.1 Å². The van der Waals surface area contributed by atoms with Crippen molar-refractivity contribution in [3.05, 3.63) is 36.0 Å². The van der Waals surface area contributed by atoms with Gasteiger partial charge in [-0.3, -0.25) is 4.98 Å². The molecule has 1 saturated carbocycles. The van der Waals surface area contributed by atoms with Gasteiger partial charge in [0, 0.05) is 36.2 Å². The lowest BCUT2D eigenvalue weighted by Gasteiger charge is -2.51. The van der Waals surface area contributed by atoms with Gasteiger partial charge in [-0.15, -0.1) is 0 Å². The van der Waals surface area contributed by atoms with Crippen LogP contribution >= 0.6 is 0 Å². The van der Waals surface area contributed by atoms with Crippen LogP contribution in [0.5, 0.6) is 0 Å². The Kier molecular flexibility index (Phi) is 3.59. The first-order valence-electron chi connectivity index (χ1n) is 7.42. The number of hydrogen-bond donors (Lipinski definition) is 2. The van der Waals surface area contributed by atoms with Crippen molar-refractivity contribution < 1.29 is 4.74 Å². The van der Waals surface area contributed by atoms with Gasteiger partial charge in [-0.05, 0) is 18.6 Å². The lowest BCUT2D eigenvalue weighted by Crippen LogP contribution is -2.60. The Bertz CT molecular complexity index is 654. The Labute approximate surface area is 125 Å². The molecule has 2 aromatic rings. The molecule has 0 saturated heterocycles. The molecule has 1 aliphatic carbocycles. The Morgan fingerprint density at radius 3 is 2.86 bits per heavy atom. The number of rotatable bonds is 4. The molecule has 1 aromatic carbocycles. The Morgan fingerprint density at radius 2 is 2.14 bits per heavy atom. The number of anilines is 1. The number of nitrogens with zero attached hydrogens (tertiary/aromatic N) is 1. The zero-order chi connectivity index (χ0) is 15.0. The topological polar surface area (TPSA) is 60.2 Å². The number of fused-ring (bicyclic) bond motifs is 1. The number of methoxy groups -OCH3 is 1. The Balaban J connectivity index is 1.72. The van der Waals surface area contributed by atoms with Crippen LogP contribution in [0.4, 0.5) is 5.69 Å². The highest BCUT2D eigenvalue weighted by Gasteiger charge is 2.48. The average molecular weight is 285 g/mol. The summed E-state index contributed by atoms with van der Waals surface area (Å²) >= 11 is 0. The number of ether oxygens (including phenoxy) is 1. The van der Waals surface area contributed by atoms with Gasteiger partial charge in [0.2, 0.25) is 0 Å². The van der Waals surface area contributed by atoms with Gasteiger partial charge in [-0.2, -0.15) is 0 Å². The molecule has 21 heavy (non-hydrogen) atoms. The van der Waals surface area contributed by atoms with Crippen LogP contribution in [0.2, 0.25) is 0 Å². The molecule has 0 amide bonds. The molecular weight excluding hydrogens is 262 g/mol. The van der Waals surface area contributed by atoms with Crippen molar-refractivity contribution in [2.24, 2.45) is 5.41 Å². The summed E-state index contributed by atoms with van der Waals surface area (Å²) in [6, 6.07) is 10.4. The second kappa shape index (κ2) is 5.28. The van der Waals surface area contributed by atoms with Crippen molar-refractivity contribution >= 4 is 16.6 Å². The highest BCUT2D eigenvalue weighted by molar-refractivity contribution is 5.90. The molecule has 2 atom stereocenters. The van der Waals surface area contributed by atoms with Crippen molar-refractivity contribution in [2.45, 2.75) is 39.0 Å². The second-order valence-corrected chi connectivity index (χ2v) is 6.43. The fraction of sp³-hybridized carbons (Fsp3) is 0.471. The molecule has 112 valence electrons. The average Bonchev–Trinajstić information content (AvgIpc) is 2.46. The number of nitrogens with one attached hydrogen (secondary N) is 1. The lowest BCUT2D eigenvalue weighted by atomic mass is 9.64. The van der Waals surface area contributed by atoms with Gasteiger partial charge in [0.05, 0.1) is 17.3 Å². The number of para-hydroxylation sites is 1. The summed E-state index contributed by atoms with van der Waals surface area (Å²) in [4.78, 5) is 4.68. The molecule has 1 aromatic heterocycles. The minimum absolute atomic E-state index is 0.164. The number of nitrogens with two attached hydrogens (primary N) is 1. The number of pyridine rings is 1. The fourth-order valence-corrected chi connectivity index (χ4v) is 3.21. The SMILES string of the molecule is COC1CC(NCc2cc(N)c3ccccc3n2)C1(C)C. The van der Waals surface area contributed by atoms with Crippen molar-refractivity contribution in [2.75, 3.05) is 12.8 Å². The summed E-state index contributed by atoms with van der Waals surface area (Å²) in [7, 11) is 1.79. The van der Waals surface area contributed by atoms with Crippen LogP contribution in [-0.4, -0.2) is 24.2 Å². The smallest absolute Gasteiger partial charge is 0.0726 e. The monoisotopic (exact) mass is 285 g/mol. The molecule has 4 heteroatoms. The summed E-state index contributed by atoms with van der Waals surface area (Å²) in [5, 5.41) is 4.60. The van der Waals surface area contributed by atoms with Crippen LogP contribution in [0.3, 0.4) is 0 Å². The summed E-state index contributed by atoms with van der Waals surface area (Å²) < 4.78 is 5.48. The summed E-state index contributed by atoms with van der Waals surface area (Å²) in [6.07, 6.45) is 1.39. The largest absolute Gasteiger partial charge is 0.398 e. The van der Waals surface area contributed by atoms with Crippen LogP contribution in [0.15, 0.2) is 30.3 Å². The summed E-state index contributed by atoms with van der Waals surface area (Å²) in [6.45, 7) is 5.22. The number of benzene rings is 1.